The number of allylic oxidation sites excluding steroid dienone is 6. The first-order chi connectivity index (χ1) is 29.0. The zero-order chi connectivity index (χ0) is 46.7. The fourth-order valence-corrected chi connectivity index (χ4v) is 8.18. The molecular weight excluding hydrogens is 829 g/mol. The van der Waals surface area contributed by atoms with E-state index in [0.29, 0.717) is 6.42 Å². The average molecular weight is 904 g/mol. The van der Waals surface area contributed by atoms with Crippen molar-refractivity contribution in [2.45, 2.75) is 188 Å². The number of carboxylic acids is 1. The van der Waals surface area contributed by atoms with Crippen LogP contribution in [0.2, 0.25) is 0 Å². The summed E-state index contributed by atoms with van der Waals surface area (Å²) in [5, 5.41) is 49.2. The Bertz CT molecular complexity index is 1590. The number of carbonyl (C=O) groups is 4. The molecular formula is C43H74N3O15P. The molecule has 0 aliphatic carbocycles. The van der Waals surface area contributed by atoms with Crippen molar-refractivity contribution < 1.29 is 72.3 Å². The van der Waals surface area contributed by atoms with Gasteiger partial charge in [-0.05, 0) is 90.4 Å². The number of hydrogen-bond acceptors (Lipinski definition) is 13. The highest BCUT2D eigenvalue weighted by atomic mass is 31.2. The van der Waals surface area contributed by atoms with Crippen molar-refractivity contribution >= 4 is 31.5 Å². The molecule has 0 spiro atoms. The molecule has 18 nitrogen and oxygen atoms in total. The summed E-state index contributed by atoms with van der Waals surface area (Å²) in [6, 6.07) is -4.60. The molecule has 0 saturated carbocycles. The highest BCUT2D eigenvalue weighted by Crippen LogP contribution is 2.47. The third-order valence-electron chi connectivity index (χ3n) is 10.8. The molecule has 8 N–H and O–H groups in total. The van der Waals surface area contributed by atoms with Gasteiger partial charge in [0.15, 0.2) is 18.7 Å². The first kappa shape index (κ1) is 55.1. The van der Waals surface area contributed by atoms with Gasteiger partial charge >= 0.3 is 13.8 Å². The Morgan fingerprint density at radius 2 is 1.24 bits per heavy atom. The Hall–Kier alpha value is -3.03. The third-order valence-corrected chi connectivity index (χ3v) is 11.8. The van der Waals surface area contributed by atoms with E-state index in [-0.39, 0.29) is 12.5 Å². The SMILES string of the molecule is CC(=O)N[C@H]1[C@H](O[C@H]2[C@H](O)[C@@H](CO)O[C@H](OP(=O)(O)OCC[C@@H](C)CC/C=C(/C)CC/C=C(\C)CC/C=C(\C)CCCC(C)C)[C@@H]2NC(C)=O)O[C@H](C(=O)O)[C@@H](O)[C@@H]1NC(C)=O. The zero-order valence-corrected chi connectivity index (χ0v) is 38.8. The Balaban J connectivity index is 2.04. The topological polar surface area (TPSA) is 269 Å². The molecule has 2 fully saturated rings. The molecule has 0 aromatic carbocycles. The number of hydrogen-bond donors (Lipinski definition) is 8. The molecule has 12 atom stereocenters. The normalized spacial score (nSPS) is 28.8. The van der Waals surface area contributed by atoms with Gasteiger partial charge in [-0.2, -0.15) is 0 Å². The van der Waals surface area contributed by atoms with Gasteiger partial charge in [0, 0.05) is 20.8 Å². The lowest BCUT2D eigenvalue weighted by molar-refractivity contribution is -0.309. The summed E-state index contributed by atoms with van der Waals surface area (Å²) in [6.07, 6.45) is 3.86. The maximum atomic E-state index is 13.3. The van der Waals surface area contributed by atoms with Crippen LogP contribution in [-0.2, 0) is 47.0 Å². The molecule has 2 aliphatic heterocycles. The smallest absolute Gasteiger partial charge is 0.474 e. The lowest BCUT2D eigenvalue weighted by Gasteiger charge is -2.48. The Labute approximate surface area is 366 Å². The average Bonchev–Trinajstić information content (AvgIpc) is 3.15. The van der Waals surface area contributed by atoms with Crippen LogP contribution < -0.4 is 16.0 Å². The van der Waals surface area contributed by atoms with Gasteiger partial charge < -0.3 is 55.5 Å². The number of rotatable bonds is 26. The molecule has 62 heavy (non-hydrogen) atoms. The van der Waals surface area contributed by atoms with E-state index in [1.807, 2.05) is 6.92 Å². The summed E-state index contributed by atoms with van der Waals surface area (Å²) in [5.41, 5.74) is 4.15. The van der Waals surface area contributed by atoms with Crippen molar-refractivity contribution in [2.75, 3.05) is 13.2 Å². The van der Waals surface area contributed by atoms with Gasteiger partial charge in [-0.25, -0.2) is 9.36 Å². The molecule has 2 heterocycles. The summed E-state index contributed by atoms with van der Waals surface area (Å²) in [4.78, 5) is 59.5. The molecule has 0 aromatic rings. The van der Waals surface area contributed by atoms with Crippen LogP contribution >= 0.6 is 7.82 Å². The van der Waals surface area contributed by atoms with Crippen molar-refractivity contribution in [2.24, 2.45) is 11.8 Å². The van der Waals surface area contributed by atoms with E-state index >= 15 is 0 Å². The Morgan fingerprint density at radius 3 is 1.77 bits per heavy atom. The van der Waals surface area contributed by atoms with E-state index in [1.54, 1.807) is 0 Å². The summed E-state index contributed by atoms with van der Waals surface area (Å²) >= 11 is 0. The first-order valence-corrected chi connectivity index (χ1v) is 23.1. The van der Waals surface area contributed by atoms with Gasteiger partial charge in [0.25, 0.3) is 0 Å². The fourth-order valence-electron chi connectivity index (χ4n) is 7.34. The molecule has 3 amide bonds. The summed E-state index contributed by atoms with van der Waals surface area (Å²) in [5.74, 6) is -2.95. The second-order valence-electron chi connectivity index (χ2n) is 17.1. The highest BCUT2D eigenvalue weighted by molar-refractivity contribution is 7.47. The molecule has 2 saturated heterocycles. The van der Waals surface area contributed by atoms with Crippen LogP contribution in [0.25, 0.3) is 0 Å². The number of phosphoric acid groups is 1. The number of aliphatic hydroxyl groups excluding tert-OH is 3. The number of phosphoric ester groups is 1. The van der Waals surface area contributed by atoms with Crippen LogP contribution in [0.4, 0.5) is 0 Å². The molecule has 0 aromatic heterocycles. The minimum atomic E-state index is -4.96. The minimum absolute atomic E-state index is 0.106. The first-order valence-electron chi connectivity index (χ1n) is 21.6. The van der Waals surface area contributed by atoms with Crippen LogP contribution in [0, 0.1) is 11.8 Å². The van der Waals surface area contributed by atoms with Crippen LogP contribution in [0.5, 0.6) is 0 Å². The van der Waals surface area contributed by atoms with Gasteiger partial charge in [-0.15, -0.1) is 0 Å². The summed E-state index contributed by atoms with van der Waals surface area (Å²) in [6.45, 7) is 15.2. The summed E-state index contributed by atoms with van der Waals surface area (Å²) < 4.78 is 41.0. The maximum Gasteiger partial charge on any atom is 0.474 e. The molecule has 0 bridgehead atoms. The van der Waals surface area contributed by atoms with Crippen LogP contribution in [0.3, 0.4) is 0 Å². The molecule has 2 aliphatic rings. The van der Waals surface area contributed by atoms with E-state index < -0.39 is 99.3 Å². The second-order valence-corrected chi connectivity index (χ2v) is 18.5. The minimum Gasteiger partial charge on any atom is -0.479 e. The van der Waals surface area contributed by atoms with Crippen LogP contribution in [0.15, 0.2) is 34.9 Å². The van der Waals surface area contributed by atoms with Gasteiger partial charge in [0.2, 0.25) is 17.7 Å². The van der Waals surface area contributed by atoms with E-state index in [9.17, 15) is 49.1 Å². The highest BCUT2D eigenvalue weighted by Gasteiger charge is 2.55. The van der Waals surface area contributed by atoms with Crippen LogP contribution in [0.1, 0.15) is 127 Å². The van der Waals surface area contributed by atoms with Gasteiger partial charge in [0.1, 0.15) is 36.5 Å². The van der Waals surface area contributed by atoms with Crippen molar-refractivity contribution in [3.63, 3.8) is 0 Å². The largest absolute Gasteiger partial charge is 0.479 e. The van der Waals surface area contributed by atoms with Gasteiger partial charge in [0.05, 0.1) is 19.3 Å². The number of carbonyl (C=O) groups excluding carboxylic acids is 3. The number of nitrogens with one attached hydrogen (secondary N) is 3. The summed E-state index contributed by atoms with van der Waals surface area (Å²) in [7, 11) is -4.96. The maximum absolute atomic E-state index is 13.3. The van der Waals surface area contributed by atoms with E-state index in [4.69, 9.17) is 23.3 Å². The predicted octanol–water partition coefficient (Wildman–Crippen LogP) is 4.30. The zero-order valence-electron chi connectivity index (χ0n) is 37.9. The van der Waals surface area contributed by atoms with Crippen LogP contribution in [-0.4, -0.2) is 123 Å². The lowest BCUT2D eigenvalue weighted by Crippen LogP contribution is -2.72. The number of aliphatic hydroxyl groups is 3. The molecule has 1 unspecified atom stereocenters. The molecule has 356 valence electrons. The number of carboxylic acid groups (broad SMARTS) is 1. The van der Waals surface area contributed by atoms with Crippen molar-refractivity contribution in [3.05, 3.63) is 34.9 Å². The Morgan fingerprint density at radius 1 is 0.710 bits per heavy atom. The molecule has 0 radical (unpaired) electrons. The number of ether oxygens (including phenoxy) is 3. The monoisotopic (exact) mass is 903 g/mol. The second kappa shape index (κ2) is 27.3. The Kier molecular flexibility index (Phi) is 24.3. The molecule has 19 heteroatoms. The van der Waals surface area contributed by atoms with Crippen molar-refractivity contribution in [1.29, 1.82) is 0 Å². The fraction of sp³-hybridized carbons (Fsp3) is 0.767. The molecule has 2 rings (SSSR count). The third kappa shape index (κ3) is 19.8. The quantitative estimate of drug-likeness (QED) is 0.0444. The van der Waals surface area contributed by atoms with E-state index in [1.165, 1.54) is 36.0 Å². The van der Waals surface area contributed by atoms with E-state index in [2.05, 4.69) is 68.8 Å². The predicted molar refractivity (Wildman–Crippen MR) is 230 cm³/mol. The van der Waals surface area contributed by atoms with Gasteiger partial charge in [-0.3, -0.25) is 23.4 Å². The van der Waals surface area contributed by atoms with Crippen molar-refractivity contribution in [3.8, 4) is 0 Å². The number of amides is 3. The van der Waals surface area contributed by atoms with E-state index in [0.717, 1.165) is 65.2 Å². The standard InChI is InChI=1S/C43H74N3O15P/c1-25(2)14-10-15-26(3)16-11-17-27(4)18-12-19-28(5)20-13-21-29(6)22-23-57-62(55,56)61-43-36(46-32(9)50)39(37(51)33(24-47)58-43)59-42-35(45-31(8)49)34(44-30(7)48)38(52)40(60-42)41(53)54/h16,18,20,25,29,33-40,42-43,47,51-52H,10-15,17,19,21-24H2,1-9H3,(H,44,48)(H,45,49)(H,46,50)(H,53,54)(H,55,56)/b26-16+,27-18+,28-20-/t29-,33+,34+,35+,36+,37+,38-,39+,40-,42+,43+/m0/s1. The van der Waals surface area contributed by atoms with Gasteiger partial charge in [-0.1, -0.05) is 62.1 Å². The van der Waals surface area contributed by atoms with Crippen molar-refractivity contribution in [1.82, 2.24) is 16.0 Å². The number of aliphatic carboxylic acids is 1. The lowest BCUT2D eigenvalue weighted by atomic mass is 9.92.